The van der Waals surface area contributed by atoms with E-state index < -0.39 is 11.6 Å². The molecule has 29 heavy (non-hydrogen) atoms. The Balaban J connectivity index is 1.46. The zero-order valence-electron chi connectivity index (χ0n) is 15.4. The van der Waals surface area contributed by atoms with E-state index in [4.69, 9.17) is 9.47 Å². The van der Waals surface area contributed by atoms with Crippen molar-refractivity contribution >= 4 is 17.2 Å². The molecule has 1 aliphatic rings. The summed E-state index contributed by atoms with van der Waals surface area (Å²) in [6.45, 7) is 2.19. The van der Waals surface area contributed by atoms with Crippen LogP contribution in [0, 0.1) is 11.6 Å². The van der Waals surface area contributed by atoms with Crippen molar-refractivity contribution in [1.29, 1.82) is 0 Å². The number of thiazole rings is 1. The smallest absolute Gasteiger partial charge is 0.273 e. The number of hydrogen-bond donors (Lipinski definition) is 0. The Hall–Kier alpha value is -2.84. The Morgan fingerprint density at radius 1 is 1.17 bits per heavy atom. The van der Waals surface area contributed by atoms with Crippen molar-refractivity contribution in [2.45, 2.75) is 6.61 Å². The molecule has 0 bridgehead atoms. The van der Waals surface area contributed by atoms with Crippen LogP contribution in [0.25, 0.3) is 10.6 Å². The van der Waals surface area contributed by atoms with Crippen molar-refractivity contribution in [2.75, 3.05) is 26.3 Å². The van der Waals surface area contributed by atoms with E-state index in [0.29, 0.717) is 42.8 Å². The molecule has 1 amide bonds. The van der Waals surface area contributed by atoms with Gasteiger partial charge in [0.05, 0.1) is 13.2 Å². The maximum absolute atomic E-state index is 13.8. The average Bonchev–Trinajstić information content (AvgIpc) is 3.24. The second-order valence-electron chi connectivity index (χ2n) is 6.49. The lowest BCUT2D eigenvalue weighted by atomic mass is 10.2. The van der Waals surface area contributed by atoms with Gasteiger partial charge in [-0.15, -0.1) is 11.3 Å². The summed E-state index contributed by atoms with van der Waals surface area (Å²) in [5, 5.41) is 2.44. The van der Waals surface area contributed by atoms with Crippen molar-refractivity contribution < 1.29 is 23.0 Å². The van der Waals surface area contributed by atoms with E-state index >= 15 is 0 Å². The minimum atomic E-state index is -0.646. The Kier molecular flexibility index (Phi) is 5.82. The molecule has 0 saturated carbocycles. The summed E-state index contributed by atoms with van der Waals surface area (Å²) in [6, 6.07) is 10.6. The molecule has 0 aliphatic carbocycles. The van der Waals surface area contributed by atoms with Crippen LogP contribution in [0.3, 0.4) is 0 Å². The highest BCUT2D eigenvalue weighted by Crippen LogP contribution is 2.28. The molecule has 4 rings (SSSR count). The first-order valence-corrected chi connectivity index (χ1v) is 9.98. The average molecular weight is 416 g/mol. The first-order valence-electron chi connectivity index (χ1n) is 9.10. The van der Waals surface area contributed by atoms with Crippen molar-refractivity contribution in [3.63, 3.8) is 0 Å². The maximum atomic E-state index is 13.8. The third kappa shape index (κ3) is 4.60. The maximum Gasteiger partial charge on any atom is 0.273 e. The lowest BCUT2D eigenvalue weighted by Gasteiger charge is -2.25. The van der Waals surface area contributed by atoms with E-state index in [2.05, 4.69) is 4.98 Å². The lowest BCUT2D eigenvalue weighted by Crippen LogP contribution is -2.40. The Bertz CT molecular complexity index is 1020. The Morgan fingerprint density at radius 3 is 2.79 bits per heavy atom. The van der Waals surface area contributed by atoms with Gasteiger partial charge in [0.25, 0.3) is 5.91 Å². The molecule has 2 heterocycles. The molecule has 0 N–H and O–H groups in total. The molecular formula is C21H18F2N2O3S. The van der Waals surface area contributed by atoms with Gasteiger partial charge in [0.2, 0.25) is 0 Å². The fourth-order valence-electron chi connectivity index (χ4n) is 2.95. The Morgan fingerprint density at radius 2 is 2.00 bits per heavy atom. The standard InChI is InChI=1S/C21H18F2N2O3S/c22-16-5-4-15(18(23)11-16)12-28-17-3-1-2-14(10-17)20-24-19(13-29-20)21(26)25-6-8-27-9-7-25/h1-5,10-11,13H,6-9,12H2. The molecule has 0 unspecified atom stereocenters. The highest BCUT2D eigenvalue weighted by atomic mass is 32.1. The van der Waals surface area contributed by atoms with Gasteiger partial charge in [-0.2, -0.15) is 0 Å². The highest BCUT2D eigenvalue weighted by Gasteiger charge is 2.21. The SMILES string of the molecule is O=C(c1csc(-c2cccc(OCc3ccc(F)cc3F)c2)n1)N1CCOCC1. The van der Waals surface area contributed by atoms with Gasteiger partial charge >= 0.3 is 0 Å². The van der Waals surface area contributed by atoms with Gasteiger partial charge in [-0.05, 0) is 24.3 Å². The summed E-state index contributed by atoms with van der Waals surface area (Å²) in [7, 11) is 0. The topological polar surface area (TPSA) is 51.7 Å². The quantitative estimate of drug-likeness (QED) is 0.627. The zero-order chi connectivity index (χ0) is 20.2. The number of benzene rings is 2. The number of amides is 1. The molecule has 0 radical (unpaired) electrons. The highest BCUT2D eigenvalue weighted by molar-refractivity contribution is 7.13. The van der Waals surface area contributed by atoms with Crippen LogP contribution in [0.15, 0.2) is 47.8 Å². The normalized spacial score (nSPS) is 14.1. The van der Waals surface area contributed by atoms with Crippen LogP contribution < -0.4 is 4.74 Å². The van der Waals surface area contributed by atoms with E-state index in [-0.39, 0.29) is 18.1 Å². The fourth-order valence-corrected chi connectivity index (χ4v) is 3.74. The number of carbonyl (C=O) groups excluding carboxylic acids is 1. The summed E-state index contributed by atoms with van der Waals surface area (Å²) in [4.78, 5) is 18.8. The van der Waals surface area contributed by atoms with Gasteiger partial charge < -0.3 is 14.4 Å². The lowest BCUT2D eigenvalue weighted by molar-refractivity contribution is 0.0299. The first kappa shape index (κ1) is 19.5. The zero-order valence-corrected chi connectivity index (χ0v) is 16.3. The van der Waals surface area contributed by atoms with Crippen molar-refractivity contribution in [3.8, 4) is 16.3 Å². The van der Waals surface area contributed by atoms with Gasteiger partial charge in [0.1, 0.15) is 34.7 Å². The van der Waals surface area contributed by atoms with Crippen LogP contribution in [0.1, 0.15) is 16.1 Å². The second kappa shape index (κ2) is 8.67. The number of morpholine rings is 1. The van der Waals surface area contributed by atoms with E-state index in [1.807, 2.05) is 6.07 Å². The third-order valence-corrected chi connectivity index (χ3v) is 5.40. The number of aromatic nitrogens is 1. The first-order chi connectivity index (χ1) is 14.1. The number of nitrogens with zero attached hydrogens (tertiary/aromatic N) is 2. The molecule has 1 aliphatic heterocycles. The predicted molar refractivity (Wildman–Crippen MR) is 105 cm³/mol. The van der Waals surface area contributed by atoms with Crippen LogP contribution in [-0.4, -0.2) is 42.1 Å². The van der Waals surface area contributed by atoms with E-state index in [1.54, 1.807) is 28.5 Å². The molecule has 2 aromatic carbocycles. The molecule has 150 valence electrons. The Labute approximate surface area is 170 Å². The largest absolute Gasteiger partial charge is 0.489 e. The number of halogens is 2. The molecule has 0 spiro atoms. The van der Waals surface area contributed by atoms with Gasteiger partial charge in [-0.3, -0.25) is 4.79 Å². The molecule has 5 nitrogen and oxygen atoms in total. The third-order valence-electron chi connectivity index (χ3n) is 4.51. The van der Waals surface area contributed by atoms with Crippen LogP contribution in [0.2, 0.25) is 0 Å². The molecule has 1 saturated heterocycles. The molecule has 0 atom stereocenters. The second-order valence-corrected chi connectivity index (χ2v) is 7.35. The summed E-state index contributed by atoms with van der Waals surface area (Å²) in [5.41, 5.74) is 1.48. The van der Waals surface area contributed by atoms with Crippen LogP contribution in [-0.2, 0) is 11.3 Å². The summed E-state index contributed by atoms with van der Waals surface area (Å²) in [6.07, 6.45) is 0. The van der Waals surface area contributed by atoms with Crippen molar-refractivity contribution in [3.05, 3.63) is 70.7 Å². The molecule has 1 fully saturated rings. The van der Waals surface area contributed by atoms with E-state index in [1.165, 1.54) is 23.5 Å². The van der Waals surface area contributed by atoms with Crippen LogP contribution in [0.4, 0.5) is 8.78 Å². The molecule has 3 aromatic rings. The van der Waals surface area contributed by atoms with Crippen molar-refractivity contribution in [1.82, 2.24) is 9.88 Å². The number of ether oxygens (including phenoxy) is 2. The van der Waals surface area contributed by atoms with Gasteiger partial charge in [-0.1, -0.05) is 12.1 Å². The predicted octanol–water partition coefficient (Wildman–Crippen LogP) is 4.14. The van der Waals surface area contributed by atoms with Gasteiger partial charge in [-0.25, -0.2) is 13.8 Å². The molecule has 1 aromatic heterocycles. The van der Waals surface area contributed by atoms with E-state index in [0.717, 1.165) is 11.6 Å². The minimum Gasteiger partial charge on any atom is -0.489 e. The number of rotatable bonds is 5. The van der Waals surface area contributed by atoms with Crippen LogP contribution in [0.5, 0.6) is 5.75 Å². The van der Waals surface area contributed by atoms with Crippen molar-refractivity contribution in [2.24, 2.45) is 0 Å². The number of carbonyl (C=O) groups is 1. The molecule has 8 heteroatoms. The van der Waals surface area contributed by atoms with Crippen LogP contribution >= 0.6 is 11.3 Å². The minimum absolute atomic E-state index is 0.0196. The molecular weight excluding hydrogens is 398 g/mol. The fraction of sp³-hybridized carbons (Fsp3) is 0.238. The summed E-state index contributed by atoms with van der Waals surface area (Å²) < 4.78 is 37.7. The van der Waals surface area contributed by atoms with Gasteiger partial charge in [0.15, 0.2) is 0 Å². The number of hydrogen-bond acceptors (Lipinski definition) is 5. The van der Waals surface area contributed by atoms with E-state index in [9.17, 15) is 13.6 Å². The monoisotopic (exact) mass is 416 g/mol. The summed E-state index contributed by atoms with van der Waals surface area (Å²) >= 11 is 1.38. The van der Waals surface area contributed by atoms with Gasteiger partial charge in [0, 0.05) is 35.7 Å². The summed E-state index contributed by atoms with van der Waals surface area (Å²) in [5.74, 6) is -0.843.